The zero-order valence-corrected chi connectivity index (χ0v) is 14.4. The van der Waals surface area contributed by atoms with Gasteiger partial charge in [-0.25, -0.2) is 8.42 Å². The van der Waals surface area contributed by atoms with Gasteiger partial charge >= 0.3 is 0 Å². The fraction of sp³-hybridized carbons (Fsp3) is 0.0526. The van der Waals surface area contributed by atoms with Gasteiger partial charge in [-0.1, -0.05) is 48.5 Å². The van der Waals surface area contributed by atoms with Crippen LogP contribution in [0.5, 0.6) is 0 Å². The van der Waals surface area contributed by atoms with Crippen molar-refractivity contribution in [2.75, 3.05) is 10.7 Å². The van der Waals surface area contributed by atoms with Gasteiger partial charge in [-0.15, -0.1) is 4.83 Å². The van der Waals surface area contributed by atoms with E-state index in [9.17, 15) is 8.42 Å². The highest BCUT2D eigenvalue weighted by molar-refractivity contribution is 7.88. The quantitative estimate of drug-likeness (QED) is 0.526. The topological polar surface area (TPSA) is 75.4 Å². The first-order valence-electron chi connectivity index (χ1n) is 7.78. The fourth-order valence-corrected chi connectivity index (χ4v) is 3.60. The van der Waals surface area contributed by atoms with Crippen molar-refractivity contribution in [2.45, 2.75) is 5.75 Å². The number of sulfonamides is 1. The molecule has 0 heterocycles. The minimum absolute atomic E-state index is 0.105. The van der Waals surface area contributed by atoms with Gasteiger partial charge < -0.3 is 5.73 Å². The maximum absolute atomic E-state index is 12.6. The average molecular weight is 353 g/mol. The maximum Gasteiger partial charge on any atom is 0.233 e. The van der Waals surface area contributed by atoms with Gasteiger partial charge in [0.1, 0.15) is 0 Å². The molecule has 128 valence electrons. The van der Waals surface area contributed by atoms with Crippen LogP contribution in [-0.2, 0) is 15.8 Å². The van der Waals surface area contributed by atoms with Crippen LogP contribution in [0.25, 0.3) is 0 Å². The van der Waals surface area contributed by atoms with Gasteiger partial charge in [0.25, 0.3) is 0 Å². The Hall–Kier alpha value is -2.83. The summed E-state index contributed by atoms with van der Waals surface area (Å²) in [6.45, 7) is 0. The minimum Gasteiger partial charge on any atom is -0.399 e. The van der Waals surface area contributed by atoms with Gasteiger partial charge in [-0.05, 0) is 42.0 Å². The Morgan fingerprint density at radius 2 is 1.28 bits per heavy atom. The van der Waals surface area contributed by atoms with E-state index in [1.165, 1.54) is 5.01 Å². The molecule has 0 aliphatic rings. The summed E-state index contributed by atoms with van der Waals surface area (Å²) in [5.74, 6) is -0.105. The van der Waals surface area contributed by atoms with Crippen molar-refractivity contribution >= 4 is 27.1 Å². The lowest BCUT2D eigenvalue weighted by Crippen LogP contribution is -2.39. The van der Waals surface area contributed by atoms with E-state index in [0.717, 1.165) is 5.56 Å². The van der Waals surface area contributed by atoms with Gasteiger partial charge in [0.15, 0.2) is 0 Å². The van der Waals surface area contributed by atoms with Crippen LogP contribution in [0.3, 0.4) is 0 Å². The summed E-state index contributed by atoms with van der Waals surface area (Å²) in [6.07, 6.45) is 0. The van der Waals surface area contributed by atoms with Crippen LogP contribution in [0.15, 0.2) is 84.9 Å². The summed E-state index contributed by atoms with van der Waals surface area (Å²) in [5.41, 5.74) is 8.46. The lowest BCUT2D eigenvalue weighted by molar-refractivity contribution is 0.581. The minimum atomic E-state index is -3.60. The molecule has 0 unspecified atom stereocenters. The smallest absolute Gasteiger partial charge is 0.233 e. The molecule has 0 aliphatic carbocycles. The number of nitrogens with one attached hydrogen (secondary N) is 1. The van der Waals surface area contributed by atoms with E-state index in [-0.39, 0.29) is 5.75 Å². The molecular formula is C19H19N3O2S. The number of rotatable bonds is 6. The number of anilines is 3. The van der Waals surface area contributed by atoms with Crippen LogP contribution in [-0.4, -0.2) is 8.42 Å². The van der Waals surface area contributed by atoms with Gasteiger partial charge in [-0.2, -0.15) is 0 Å². The molecule has 0 amide bonds. The zero-order chi connectivity index (χ0) is 17.7. The summed E-state index contributed by atoms with van der Waals surface area (Å²) >= 11 is 0. The van der Waals surface area contributed by atoms with E-state index in [1.54, 1.807) is 36.4 Å². The van der Waals surface area contributed by atoms with Gasteiger partial charge in [0.05, 0.1) is 17.1 Å². The van der Waals surface area contributed by atoms with Gasteiger partial charge in [0.2, 0.25) is 10.0 Å². The Morgan fingerprint density at radius 1 is 0.760 bits per heavy atom. The van der Waals surface area contributed by atoms with Crippen molar-refractivity contribution in [1.29, 1.82) is 0 Å². The highest BCUT2D eigenvalue weighted by Crippen LogP contribution is 2.24. The number of hydrazine groups is 1. The Morgan fingerprint density at radius 3 is 1.88 bits per heavy atom. The molecule has 0 spiro atoms. The van der Waals surface area contributed by atoms with E-state index in [0.29, 0.717) is 17.1 Å². The molecule has 3 rings (SSSR count). The molecule has 25 heavy (non-hydrogen) atoms. The highest BCUT2D eigenvalue weighted by atomic mass is 32.2. The van der Waals surface area contributed by atoms with Crippen molar-refractivity contribution in [3.63, 3.8) is 0 Å². The lowest BCUT2D eigenvalue weighted by atomic mass is 10.2. The third-order valence-corrected chi connectivity index (χ3v) is 4.77. The largest absolute Gasteiger partial charge is 0.399 e. The molecule has 0 atom stereocenters. The first-order chi connectivity index (χ1) is 12.0. The number of nitrogens with zero attached hydrogens (tertiary/aromatic N) is 1. The summed E-state index contributed by atoms with van der Waals surface area (Å²) in [4.78, 5) is 2.66. The number of nitrogen functional groups attached to an aromatic ring is 1. The SMILES string of the molecule is Nc1ccc(N(NS(=O)(=O)Cc2ccccc2)c2ccccc2)cc1. The molecule has 6 heteroatoms. The van der Waals surface area contributed by atoms with Crippen molar-refractivity contribution in [2.24, 2.45) is 0 Å². The van der Waals surface area contributed by atoms with Crippen LogP contribution in [0, 0.1) is 0 Å². The molecule has 0 radical (unpaired) electrons. The standard InChI is InChI=1S/C19H19N3O2S/c20-17-11-13-19(14-12-17)22(18-9-5-2-6-10-18)21-25(23,24)15-16-7-3-1-4-8-16/h1-14,21H,15,20H2. The monoisotopic (exact) mass is 353 g/mol. The Labute approximate surface area is 147 Å². The second kappa shape index (κ2) is 7.38. The molecule has 0 aromatic heterocycles. The second-order valence-electron chi connectivity index (χ2n) is 5.60. The van der Waals surface area contributed by atoms with E-state index in [2.05, 4.69) is 4.83 Å². The first kappa shape index (κ1) is 17.0. The van der Waals surface area contributed by atoms with Gasteiger partial charge in [-0.3, -0.25) is 5.01 Å². The first-order valence-corrected chi connectivity index (χ1v) is 9.43. The molecule has 0 fully saturated rings. The van der Waals surface area contributed by atoms with Crippen LogP contribution in [0.1, 0.15) is 5.56 Å². The average Bonchev–Trinajstić information content (AvgIpc) is 2.62. The second-order valence-corrected chi connectivity index (χ2v) is 7.30. The van der Waals surface area contributed by atoms with E-state index < -0.39 is 10.0 Å². The molecule has 3 N–H and O–H groups in total. The van der Waals surface area contributed by atoms with Crippen LogP contribution in [0.4, 0.5) is 17.1 Å². The van der Waals surface area contributed by atoms with E-state index >= 15 is 0 Å². The molecule has 3 aromatic carbocycles. The predicted octanol–water partition coefficient (Wildman–Crippen LogP) is 3.44. The number of hydrogen-bond acceptors (Lipinski definition) is 4. The van der Waals surface area contributed by atoms with Gasteiger partial charge in [0, 0.05) is 5.69 Å². The summed E-state index contributed by atoms with van der Waals surface area (Å²) in [5, 5.41) is 1.54. The Kier molecular flexibility index (Phi) is 5.02. The normalized spacial score (nSPS) is 11.2. The Balaban J connectivity index is 1.91. The molecule has 0 saturated heterocycles. The Bertz CT molecular complexity index is 912. The van der Waals surface area contributed by atoms with Crippen molar-refractivity contribution in [1.82, 2.24) is 4.83 Å². The molecule has 0 bridgehead atoms. The molecule has 5 nitrogen and oxygen atoms in total. The van der Waals surface area contributed by atoms with Crippen LogP contribution in [0.2, 0.25) is 0 Å². The lowest BCUT2D eigenvalue weighted by Gasteiger charge is -2.25. The third kappa shape index (κ3) is 4.59. The number of hydrogen-bond donors (Lipinski definition) is 2. The number of benzene rings is 3. The molecule has 0 aliphatic heterocycles. The third-order valence-electron chi connectivity index (χ3n) is 3.60. The van der Waals surface area contributed by atoms with Crippen LogP contribution < -0.4 is 15.6 Å². The van der Waals surface area contributed by atoms with Crippen molar-refractivity contribution in [3.8, 4) is 0 Å². The molecular weight excluding hydrogens is 334 g/mol. The van der Waals surface area contributed by atoms with E-state index in [1.807, 2.05) is 48.5 Å². The zero-order valence-electron chi connectivity index (χ0n) is 13.5. The summed E-state index contributed by atoms with van der Waals surface area (Å²) in [6, 6.07) is 25.3. The number of nitrogens with two attached hydrogens (primary N) is 1. The maximum atomic E-state index is 12.6. The van der Waals surface area contributed by atoms with Crippen molar-refractivity contribution < 1.29 is 8.42 Å². The summed E-state index contributed by atoms with van der Waals surface area (Å²) in [7, 11) is -3.60. The van der Waals surface area contributed by atoms with Crippen molar-refractivity contribution in [3.05, 3.63) is 90.5 Å². The summed E-state index contributed by atoms with van der Waals surface area (Å²) < 4.78 is 25.3. The number of para-hydroxylation sites is 1. The fourth-order valence-electron chi connectivity index (χ4n) is 2.42. The highest BCUT2D eigenvalue weighted by Gasteiger charge is 2.18. The van der Waals surface area contributed by atoms with E-state index in [4.69, 9.17) is 5.73 Å². The van der Waals surface area contributed by atoms with Crippen LogP contribution >= 0.6 is 0 Å². The molecule has 3 aromatic rings. The molecule has 0 saturated carbocycles. The predicted molar refractivity (Wildman–Crippen MR) is 102 cm³/mol.